The summed E-state index contributed by atoms with van der Waals surface area (Å²) in [5.41, 5.74) is 2.92. The van der Waals surface area contributed by atoms with E-state index in [1.165, 1.54) is 0 Å². The third kappa shape index (κ3) is 3.72. The van der Waals surface area contributed by atoms with E-state index in [4.69, 9.17) is 5.11 Å². The van der Waals surface area contributed by atoms with Crippen molar-refractivity contribution in [3.8, 4) is 0 Å². The van der Waals surface area contributed by atoms with Crippen LogP contribution in [0.4, 0.5) is 0 Å². The molecule has 1 nitrogen and oxygen atoms in total. The molecule has 0 saturated heterocycles. The molecule has 0 unspecified atom stereocenters. The predicted molar refractivity (Wildman–Crippen MR) is 67.7 cm³/mol. The first-order chi connectivity index (χ1) is 7.33. The van der Waals surface area contributed by atoms with Gasteiger partial charge in [0, 0.05) is 0 Å². The number of allylic oxidation sites excluding steroid dienone is 6. The molecule has 0 aromatic carbocycles. The van der Waals surface area contributed by atoms with Crippen molar-refractivity contribution in [2.24, 2.45) is 0 Å². The molecule has 1 rings (SSSR count). The van der Waals surface area contributed by atoms with Crippen LogP contribution in [-0.2, 0) is 0 Å². The molecule has 0 amide bonds. The monoisotopic (exact) mass is 204 g/mol. The Morgan fingerprint density at radius 3 is 2.47 bits per heavy atom. The summed E-state index contributed by atoms with van der Waals surface area (Å²) in [7, 11) is 0. The van der Waals surface area contributed by atoms with Crippen molar-refractivity contribution >= 4 is 0 Å². The van der Waals surface area contributed by atoms with Gasteiger partial charge in [-0.05, 0) is 23.1 Å². The molecule has 15 heavy (non-hydrogen) atoms. The lowest BCUT2D eigenvalue weighted by Gasteiger charge is -2.06. The average molecular weight is 204 g/mol. The fourth-order valence-electron chi connectivity index (χ4n) is 1.37. The van der Waals surface area contributed by atoms with Crippen molar-refractivity contribution in [1.29, 1.82) is 0 Å². The Morgan fingerprint density at radius 1 is 1.33 bits per heavy atom. The molecule has 0 atom stereocenters. The zero-order valence-electron chi connectivity index (χ0n) is 9.66. The molecular formula is C14H20O. The molecule has 0 aromatic heterocycles. The number of aliphatic hydroxyl groups is 1. The molecule has 0 fully saturated rings. The summed E-state index contributed by atoms with van der Waals surface area (Å²) in [5.74, 6) is 0. The van der Waals surface area contributed by atoms with Gasteiger partial charge in [0.2, 0.25) is 0 Å². The summed E-state index contributed by atoms with van der Waals surface area (Å²) >= 11 is 0. The van der Waals surface area contributed by atoms with Gasteiger partial charge in [0.05, 0.1) is 6.61 Å². The first-order valence-electron chi connectivity index (χ1n) is 5.29. The van der Waals surface area contributed by atoms with Gasteiger partial charge in [-0.15, -0.1) is 0 Å². The molecule has 0 radical (unpaired) electrons. The Balaban J connectivity index is 0.000000921. The summed E-state index contributed by atoms with van der Waals surface area (Å²) in [6, 6.07) is 0. The van der Waals surface area contributed by atoms with Crippen LogP contribution in [0.1, 0.15) is 20.3 Å². The van der Waals surface area contributed by atoms with E-state index in [0.717, 1.165) is 23.1 Å². The first kappa shape index (κ1) is 13.7. The lowest BCUT2D eigenvalue weighted by atomic mass is 10.0. The highest BCUT2D eigenvalue weighted by molar-refractivity contribution is 5.52. The fourth-order valence-corrected chi connectivity index (χ4v) is 1.37. The van der Waals surface area contributed by atoms with Gasteiger partial charge in [-0.1, -0.05) is 57.4 Å². The van der Waals surface area contributed by atoms with E-state index in [0.29, 0.717) is 0 Å². The van der Waals surface area contributed by atoms with E-state index in [1.807, 2.05) is 32.1 Å². The van der Waals surface area contributed by atoms with Crippen molar-refractivity contribution in [2.75, 3.05) is 6.61 Å². The second-order valence-electron chi connectivity index (χ2n) is 2.80. The second-order valence-corrected chi connectivity index (χ2v) is 2.80. The molecule has 1 aliphatic carbocycles. The number of hydrogen-bond acceptors (Lipinski definition) is 1. The van der Waals surface area contributed by atoms with Gasteiger partial charge in [0.25, 0.3) is 0 Å². The van der Waals surface area contributed by atoms with Crippen LogP contribution in [0.25, 0.3) is 0 Å². The Bertz CT molecular complexity index is 303. The molecule has 1 heteroatoms. The maximum Gasteiger partial charge on any atom is 0.0684 e. The van der Waals surface area contributed by atoms with Crippen LogP contribution >= 0.6 is 0 Å². The van der Waals surface area contributed by atoms with Crippen molar-refractivity contribution in [3.63, 3.8) is 0 Å². The van der Waals surface area contributed by atoms with Crippen molar-refractivity contribution < 1.29 is 5.11 Å². The van der Waals surface area contributed by atoms with Crippen LogP contribution in [0.15, 0.2) is 60.3 Å². The normalized spacial score (nSPS) is 14.7. The van der Waals surface area contributed by atoms with E-state index in [1.54, 1.807) is 12.2 Å². The van der Waals surface area contributed by atoms with Gasteiger partial charge in [0.15, 0.2) is 0 Å². The molecule has 0 aromatic rings. The van der Waals surface area contributed by atoms with Gasteiger partial charge in [-0.25, -0.2) is 0 Å². The summed E-state index contributed by atoms with van der Waals surface area (Å²) in [6.45, 7) is 11.5. The highest BCUT2D eigenvalue weighted by atomic mass is 16.3. The van der Waals surface area contributed by atoms with Crippen molar-refractivity contribution in [3.05, 3.63) is 60.3 Å². The molecule has 0 spiro atoms. The van der Waals surface area contributed by atoms with E-state index in [-0.39, 0.29) is 6.61 Å². The Kier molecular flexibility index (Phi) is 7.29. The summed E-state index contributed by atoms with van der Waals surface area (Å²) in [4.78, 5) is 0. The molecule has 0 heterocycles. The molecule has 0 bridgehead atoms. The number of hydrogen-bond donors (Lipinski definition) is 1. The average Bonchev–Trinajstić information content (AvgIpc) is 2.52. The van der Waals surface area contributed by atoms with E-state index < -0.39 is 0 Å². The Hall–Kier alpha value is -1.34. The van der Waals surface area contributed by atoms with E-state index in [9.17, 15) is 0 Å². The third-order valence-electron chi connectivity index (χ3n) is 2.05. The van der Waals surface area contributed by atoms with Crippen LogP contribution in [0.3, 0.4) is 0 Å². The first-order valence-corrected chi connectivity index (χ1v) is 5.29. The maximum absolute atomic E-state index is 9.12. The van der Waals surface area contributed by atoms with Gasteiger partial charge < -0.3 is 5.11 Å². The van der Waals surface area contributed by atoms with Crippen LogP contribution in [0.5, 0.6) is 0 Å². The maximum atomic E-state index is 9.12. The molecular weight excluding hydrogens is 184 g/mol. The standard InChI is InChI=1S/C12H14O.C2H6/c1-3-10-7-5-6-8-11(9-13)12(10)4-2;1-2/h3-5,7-8,13H,1-2,6,9H2;1-2H3. The highest BCUT2D eigenvalue weighted by Crippen LogP contribution is 2.21. The van der Waals surface area contributed by atoms with Gasteiger partial charge in [0.1, 0.15) is 0 Å². The van der Waals surface area contributed by atoms with Crippen molar-refractivity contribution in [1.82, 2.24) is 0 Å². The molecule has 0 aliphatic heterocycles. The zero-order chi connectivity index (χ0) is 11.7. The molecule has 1 N–H and O–H groups in total. The number of rotatable bonds is 3. The summed E-state index contributed by atoms with van der Waals surface area (Å²) in [6.07, 6.45) is 10.4. The van der Waals surface area contributed by atoms with E-state index >= 15 is 0 Å². The molecule has 82 valence electrons. The van der Waals surface area contributed by atoms with Gasteiger partial charge in [-0.2, -0.15) is 0 Å². The van der Waals surface area contributed by atoms with Crippen LogP contribution in [-0.4, -0.2) is 11.7 Å². The van der Waals surface area contributed by atoms with Crippen molar-refractivity contribution in [2.45, 2.75) is 20.3 Å². The van der Waals surface area contributed by atoms with Gasteiger partial charge in [-0.3, -0.25) is 0 Å². The Labute approximate surface area is 92.8 Å². The summed E-state index contributed by atoms with van der Waals surface area (Å²) in [5, 5.41) is 9.12. The Morgan fingerprint density at radius 2 is 2.00 bits per heavy atom. The smallest absolute Gasteiger partial charge is 0.0684 e. The van der Waals surface area contributed by atoms with Crippen LogP contribution < -0.4 is 0 Å². The zero-order valence-corrected chi connectivity index (χ0v) is 9.66. The van der Waals surface area contributed by atoms with Gasteiger partial charge >= 0.3 is 0 Å². The topological polar surface area (TPSA) is 20.2 Å². The number of aliphatic hydroxyl groups excluding tert-OH is 1. The third-order valence-corrected chi connectivity index (χ3v) is 2.05. The largest absolute Gasteiger partial charge is 0.392 e. The SMILES string of the molecule is C=CC1=C(C=C)C(CO)=CCC=C1.CC. The second kappa shape index (κ2) is 8.01. The lowest BCUT2D eigenvalue weighted by molar-refractivity contribution is 0.333. The molecule has 0 saturated carbocycles. The molecule has 1 aliphatic rings. The van der Waals surface area contributed by atoms with E-state index in [2.05, 4.69) is 13.2 Å². The minimum Gasteiger partial charge on any atom is -0.392 e. The lowest BCUT2D eigenvalue weighted by Crippen LogP contribution is -1.94. The van der Waals surface area contributed by atoms with Crippen LogP contribution in [0.2, 0.25) is 0 Å². The summed E-state index contributed by atoms with van der Waals surface area (Å²) < 4.78 is 0. The minimum atomic E-state index is 0.0559. The fraction of sp³-hybridized carbons (Fsp3) is 0.286. The highest BCUT2D eigenvalue weighted by Gasteiger charge is 2.05. The minimum absolute atomic E-state index is 0.0559. The predicted octanol–water partition coefficient (Wildman–Crippen LogP) is 3.56. The van der Waals surface area contributed by atoms with Crippen LogP contribution in [0, 0.1) is 0 Å². The quantitative estimate of drug-likeness (QED) is 0.745.